The Morgan fingerprint density at radius 1 is 1.00 bits per heavy atom. The smallest absolute Gasteiger partial charge is 0.248 e. The van der Waals surface area contributed by atoms with Crippen molar-refractivity contribution in [3.63, 3.8) is 0 Å². The van der Waals surface area contributed by atoms with Gasteiger partial charge < -0.3 is 4.90 Å². The first-order chi connectivity index (χ1) is 13.2. The molecule has 1 aliphatic rings. The van der Waals surface area contributed by atoms with E-state index in [1.807, 2.05) is 53.4 Å². The fourth-order valence-corrected chi connectivity index (χ4v) is 3.98. The number of nitrogens with zero attached hydrogens (tertiary/aromatic N) is 3. The highest BCUT2D eigenvalue weighted by molar-refractivity contribution is 5.94. The number of hydrogen-bond donors (Lipinski definition) is 0. The first kappa shape index (κ1) is 17.5. The van der Waals surface area contributed by atoms with Gasteiger partial charge in [-0.2, -0.15) is 5.10 Å². The SMILES string of the molecule is O=C(Cn1ncc(=O)c2ccccc21)N(c1ccccc1)C1CCCCC1. The summed E-state index contributed by atoms with van der Waals surface area (Å²) in [6.07, 6.45) is 6.89. The molecule has 0 atom stereocenters. The summed E-state index contributed by atoms with van der Waals surface area (Å²) in [5.41, 5.74) is 1.50. The molecule has 0 spiro atoms. The summed E-state index contributed by atoms with van der Waals surface area (Å²) in [6.45, 7) is 0.117. The number of carbonyl (C=O) groups is 1. The largest absolute Gasteiger partial charge is 0.308 e. The molecule has 5 nitrogen and oxygen atoms in total. The minimum atomic E-state index is -0.124. The van der Waals surface area contributed by atoms with Crippen molar-refractivity contribution in [2.45, 2.75) is 44.7 Å². The molecule has 1 heterocycles. The minimum Gasteiger partial charge on any atom is -0.308 e. The molecular weight excluding hydrogens is 338 g/mol. The Morgan fingerprint density at radius 2 is 1.70 bits per heavy atom. The van der Waals surface area contributed by atoms with E-state index in [0.717, 1.165) is 31.4 Å². The van der Waals surface area contributed by atoms with E-state index in [4.69, 9.17) is 0 Å². The number of benzene rings is 2. The lowest BCUT2D eigenvalue weighted by Crippen LogP contribution is -2.43. The summed E-state index contributed by atoms with van der Waals surface area (Å²) in [5.74, 6) is 0.00871. The van der Waals surface area contributed by atoms with Crippen molar-refractivity contribution >= 4 is 22.5 Å². The summed E-state index contributed by atoms with van der Waals surface area (Å²) in [6, 6.07) is 17.4. The van der Waals surface area contributed by atoms with Crippen molar-refractivity contribution in [3.05, 3.63) is 71.0 Å². The molecule has 2 aromatic carbocycles. The molecule has 0 bridgehead atoms. The van der Waals surface area contributed by atoms with Gasteiger partial charge in [0.1, 0.15) is 6.54 Å². The average molecular weight is 361 g/mol. The highest BCUT2D eigenvalue weighted by Crippen LogP contribution is 2.27. The van der Waals surface area contributed by atoms with Gasteiger partial charge >= 0.3 is 0 Å². The van der Waals surface area contributed by atoms with Crippen LogP contribution in [0.2, 0.25) is 0 Å². The molecular formula is C22H23N3O2. The zero-order chi connectivity index (χ0) is 18.6. The lowest BCUT2D eigenvalue weighted by Gasteiger charge is -2.34. The van der Waals surface area contributed by atoms with Gasteiger partial charge in [-0.25, -0.2) is 0 Å². The lowest BCUT2D eigenvalue weighted by molar-refractivity contribution is -0.119. The Bertz CT molecular complexity index is 991. The Balaban J connectivity index is 1.68. The zero-order valence-corrected chi connectivity index (χ0v) is 15.3. The number of para-hydroxylation sites is 2. The van der Waals surface area contributed by atoms with Gasteiger partial charge in [-0.15, -0.1) is 0 Å². The molecule has 0 saturated heterocycles. The summed E-state index contributed by atoms with van der Waals surface area (Å²) in [4.78, 5) is 27.3. The number of hydrogen-bond acceptors (Lipinski definition) is 3. The summed E-state index contributed by atoms with van der Waals surface area (Å²) in [5, 5.41) is 4.81. The third-order valence-electron chi connectivity index (χ3n) is 5.29. The zero-order valence-electron chi connectivity index (χ0n) is 15.3. The Kier molecular flexibility index (Phi) is 5.01. The maximum atomic E-state index is 13.3. The number of carbonyl (C=O) groups excluding carboxylic acids is 1. The van der Waals surface area contributed by atoms with Gasteiger partial charge in [-0.1, -0.05) is 49.6 Å². The molecule has 0 N–H and O–H groups in total. The predicted molar refractivity (Wildman–Crippen MR) is 107 cm³/mol. The molecule has 5 heteroatoms. The topological polar surface area (TPSA) is 55.2 Å². The maximum Gasteiger partial charge on any atom is 0.248 e. The van der Waals surface area contributed by atoms with Gasteiger partial charge in [0.15, 0.2) is 0 Å². The standard InChI is InChI=1S/C22H23N3O2/c26-21-15-23-24(20-14-8-7-13-19(20)21)16-22(27)25(17-9-3-1-4-10-17)18-11-5-2-6-12-18/h1,3-4,7-10,13-15,18H,2,5-6,11-12,16H2. The van der Waals surface area contributed by atoms with Crippen LogP contribution < -0.4 is 10.3 Å². The van der Waals surface area contributed by atoms with Crippen LogP contribution in [0, 0.1) is 0 Å². The second-order valence-corrected chi connectivity index (χ2v) is 7.07. The van der Waals surface area contributed by atoms with E-state index in [2.05, 4.69) is 5.10 Å². The van der Waals surface area contributed by atoms with Crippen LogP contribution in [-0.4, -0.2) is 21.7 Å². The van der Waals surface area contributed by atoms with Crippen molar-refractivity contribution in [2.24, 2.45) is 0 Å². The van der Waals surface area contributed by atoms with E-state index < -0.39 is 0 Å². The Labute approximate surface area is 158 Å². The van der Waals surface area contributed by atoms with Gasteiger partial charge in [-0.05, 0) is 37.1 Å². The number of aromatic nitrogens is 2. The molecule has 4 rings (SSSR count). The van der Waals surface area contributed by atoms with Crippen LogP contribution in [0.3, 0.4) is 0 Å². The van der Waals surface area contributed by atoms with Crippen LogP contribution in [0.25, 0.3) is 10.9 Å². The van der Waals surface area contributed by atoms with E-state index >= 15 is 0 Å². The molecule has 3 aromatic rings. The van der Waals surface area contributed by atoms with Gasteiger partial charge in [-0.3, -0.25) is 14.3 Å². The molecule has 0 aliphatic heterocycles. The van der Waals surface area contributed by atoms with E-state index in [0.29, 0.717) is 10.9 Å². The van der Waals surface area contributed by atoms with E-state index in [-0.39, 0.29) is 23.9 Å². The third-order valence-corrected chi connectivity index (χ3v) is 5.29. The number of rotatable bonds is 4. The molecule has 0 radical (unpaired) electrons. The summed E-state index contributed by atoms with van der Waals surface area (Å²) in [7, 11) is 0. The van der Waals surface area contributed by atoms with Crippen LogP contribution in [0.5, 0.6) is 0 Å². The Morgan fingerprint density at radius 3 is 2.48 bits per heavy atom. The summed E-state index contributed by atoms with van der Waals surface area (Å²) >= 11 is 0. The fraction of sp³-hybridized carbons (Fsp3) is 0.318. The van der Waals surface area contributed by atoms with E-state index in [1.165, 1.54) is 12.6 Å². The van der Waals surface area contributed by atoms with Gasteiger partial charge in [0.25, 0.3) is 0 Å². The predicted octanol–water partition coefficient (Wildman–Crippen LogP) is 3.76. The van der Waals surface area contributed by atoms with Crippen LogP contribution in [0.15, 0.2) is 65.6 Å². The van der Waals surface area contributed by atoms with Crippen molar-refractivity contribution < 1.29 is 4.79 Å². The normalized spacial score (nSPS) is 15.0. The van der Waals surface area contributed by atoms with Gasteiger partial charge in [0, 0.05) is 17.1 Å². The van der Waals surface area contributed by atoms with Crippen LogP contribution in [0.1, 0.15) is 32.1 Å². The number of amides is 1. The quantitative estimate of drug-likeness (QED) is 0.711. The molecule has 27 heavy (non-hydrogen) atoms. The highest BCUT2D eigenvalue weighted by atomic mass is 16.2. The summed E-state index contributed by atoms with van der Waals surface area (Å²) < 4.78 is 1.64. The first-order valence-electron chi connectivity index (χ1n) is 9.56. The molecule has 1 aromatic heterocycles. The van der Waals surface area contributed by atoms with E-state index in [9.17, 15) is 9.59 Å². The Hall–Kier alpha value is -2.95. The minimum absolute atomic E-state index is 0.00871. The van der Waals surface area contributed by atoms with Crippen LogP contribution >= 0.6 is 0 Å². The maximum absolute atomic E-state index is 13.3. The monoisotopic (exact) mass is 361 g/mol. The van der Waals surface area contributed by atoms with Gasteiger partial charge in [0.05, 0.1) is 11.7 Å². The van der Waals surface area contributed by atoms with Gasteiger partial charge in [0.2, 0.25) is 11.3 Å². The molecule has 0 unspecified atom stereocenters. The number of anilines is 1. The third kappa shape index (κ3) is 3.63. The average Bonchev–Trinajstić information content (AvgIpc) is 2.72. The number of fused-ring (bicyclic) bond motifs is 1. The molecule has 1 amide bonds. The van der Waals surface area contributed by atoms with Crippen molar-refractivity contribution in [3.8, 4) is 0 Å². The van der Waals surface area contributed by atoms with Crippen LogP contribution in [-0.2, 0) is 11.3 Å². The second-order valence-electron chi connectivity index (χ2n) is 7.07. The second kappa shape index (κ2) is 7.74. The highest BCUT2D eigenvalue weighted by Gasteiger charge is 2.27. The first-order valence-corrected chi connectivity index (χ1v) is 9.56. The molecule has 138 valence electrons. The lowest BCUT2D eigenvalue weighted by atomic mass is 9.93. The van der Waals surface area contributed by atoms with Crippen LogP contribution in [0.4, 0.5) is 5.69 Å². The molecule has 1 aliphatic carbocycles. The van der Waals surface area contributed by atoms with Crippen molar-refractivity contribution in [1.82, 2.24) is 9.78 Å². The van der Waals surface area contributed by atoms with E-state index in [1.54, 1.807) is 10.7 Å². The molecule has 1 fully saturated rings. The van der Waals surface area contributed by atoms with Crippen molar-refractivity contribution in [1.29, 1.82) is 0 Å². The molecule has 1 saturated carbocycles. The fourth-order valence-electron chi connectivity index (χ4n) is 3.98. The van der Waals surface area contributed by atoms with Crippen molar-refractivity contribution in [2.75, 3.05) is 4.90 Å².